The predicted octanol–water partition coefficient (Wildman–Crippen LogP) is 3.51. The maximum Gasteiger partial charge on any atom is 0.573 e. The van der Waals surface area contributed by atoms with Gasteiger partial charge in [0.05, 0.1) is 6.67 Å². The minimum absolute atomic E-state index is 0. The molecule has 1 rings (SSSR count). The minimum atomic E-state index is -4.86. The Morgan fingerprint density at radius 3 is 2.39 bits per heavy atom. The Kier molecular flexibility index (Phi) is 6.34. The quantitative estimate of drug-likeness (QED) is 0.862. The number of ether oxygens (including phenoxy) is 1. The Hall–Kier alpha value is -1.08. The Bertz CT molecular complexity index is 385. The van der Waals surface area contributed by atoms with Crippen molar-refractivity contribution in [2.24, 2.45) is 5.73 Å². The molecule has 2 nitrogen and oxygen atoms in total. The molecule has 18 heavy (non-hydrogen) atoms. The molecule has 1 aromatic carbocycles. The molecule has 0 aliphatic rings. The Labute approximate surface area is 106 Å². The molecular weight excluding hydrogens is 281 g/mol. The van der Waals surface area contributed by atoms with Crippen LogP contribution < -0.4 is 10.5 Å². The fraction of sp³-hybridized carbons (Fsp3) is 0.400. The van der Waals surface area contributed by atoms with E-state index in [-0.39, 0.29) is 24.4 Å². The lowest BCUT2D eigenvalue weighted by Gasteiger charge is -2.14. The van der Waals surface area contributed by atoms with Crippen LogP contribution in [0.15, 0.2) is 18.2 Å². The van der Waals surface area contributed by atoms with Crippen molar-refractivity contribution in [1.82, 2.24) is 0 Å². The molecule has 1 aromatic rings. The van der Waals surface area contributed by atoms with E-state index in [2.05, 4.69) is 4.74 Å². The van der Waals surface area contributed by atoms with E-state index in [1.54, 1.807) is 0 Å². The van der Waals surface area contributed by atoms with Gasteiger partial charge in [0.1, 0.15) is 11.6 Å². The molecule has 0 heterocycles. The van der Waals surface area contributed by atoms with E-state index in [0.717, 1.165) is 18.2 Å². The van der Waals surface area contributed by atoms with E-state index in [9.17, 15) is 22.0 Å². The molecule has 1 atom stereocenters. The maximum atomic E-state index is 13.2. The zero-order valence-electron chi connectivity index (χ0n) is 9.01. The maximum absolute atomic E-state index is 13.2. The van der Waals surface area contributed by atoms with Gasteiger partial charge in [-0.25, -0.2) is 4.39 Å². The van der Waals surface area contributed by atoms with Gasteiger partial charge in [0, 0.05) is 11.6 Å². The highest BCUT2D eigenvalue weighted by Crippen LogP contribution is 2.27. The van der Waals surface area contributed by atoms with E-state index in [1.165, 1.54) is 0 Å². The smallest absolute Gasteiger partial charge is 0.406 e. The zero-order valence-corrected chi connectivity index (χ0v) is 9.82. The van der Waals surface area contributed by atoms with Crippen LogP contribution >= 0.6 is 12.4 Å². The van der Waals surface area contributed by atoms with Crippen LogP contribution in [0.5, 0.6) is 5.75 Å². The minimum Gasteiger partial charge on any atom is -0.406 e. The summed E-state index contributed by atoms with van der Waals surface area (Å²) < 4.78 is 64.6. The molecule has 0 aliphatic carbocycles. The second-order valence-corrected chi connectivity index (χ2v) is 3.32. The van der Waals surface area contributed by atoms with Gasteiger partial charge >= 0.3 is 6.36 Å². The third kappa shape index (κ3) is 5.05. The van der Waals surface area contributed by atoms with Gasteiger partial charge in [-0.3, -0.25) is 4.39 Å². The topological polar surface area (TPSA) is 35.2 Å². The first-order valence-electron chi connectivity index (χ1n) is 4.70. The van der Waals surface area contributed by atoms with Gasteiger partial charge in [-0.1, -0.05) is 0 Å². The van der Waals surface area contributed by atoms with E-state index in [1.807, 2.05) is 0 Å². The van der Waals surface area contributed by atoms with Crippen molar-refractivity contribution < 1.29 is 26.7 Å². The molecule has 0 saturated carbocycles. The highest BCUT2D eigenvalue weighted by atomic mass is 35.5. The van der Waals surface area contributed by atoms with Crippen LogP contribution in [-0.2, 0) is 0 Å². The number of hydrogen-bond donors (Lipinski definition) is 1. The second-order valence-electron chi connectivity index (χ2n) is 3.32. The van der Waals surface area contributed by atoms with Crippen LogP contribution in [0.4, 0.5) is 22.0 Å². The second kappa shape index (κ2) is 6.75. The molecule has 0 aliphatic heterocycles. The zero-order chi connectivity index (χ0) is 13.1. The number of alkyl halides is 4. The number of benzene rings is 1. The lowest BCUT2D eigenvalue weighted by molar-refractivity contribution is -0.274. The van der Waals surface area contributed by atoms with Gasteiger partial charge in [0.25, 0.3) is 0 Å². The molecule has 8 heteroatoms. The summed E-state index contributed by atoms with van der Waals surface area (Å²) in [7, 11) is 0. The van der Waals surface area contributed by atoms with Crippen molar-refractivity contribution in [3.05, 3.63) is 29.6 Å². The molecule has 2 N–H and O–H groups in total. The lowest BCUT2D eigenvalue weighted by Crippen LogP contribution is -2.18. The SMILES string of the molecule is Cl.N[C@@H](CCF)c1cc(OC(F)(F)F)ccc1F. The summed E-state index contributed by atoms with van der Waals surface area (Å²) in [6.07, 6.45) is -5.04. The third-order valence-electron chi connectivity index (χ3n) is 2.02. The first kappa shape index (κ1) is 16.9. The molecule has 104 valence electrons. The molecule has 0 saturated heterocycles. The molecule has 0 unspecified atom stereocenters. The highest BCUT2D eigenvalue weighted by molar-refractivity contribution is 5.85. The van der Waals surface area contributed by atoms with Gasteiger partial charge in [0.15, 0.2) is 0 Å². The van der Waals surface area contributed by atoms with Gasteiger partial charge < -0.3 is 10.5 Å². The van der Waals surface area contributed by atoms with Gasteiger partial charge in [-0.2, -0.15) is 0 Å². The van der Waals surface area contributed by atoms with Crippen LogP contribution in [0, 0.1) is 5.82 Å². The average molecular weight is 292 g/mol. The molecule has 0 radical (unpaired) electrons. The largest absolute Gasteiger partial charge is 0.573 e. The Morgan fingerprint density at radius 2 is 1.89 bits per heavy atom. The number of nitrogens with two attached hydrogens (primary N) is 1. The van der Waals surface area contributed by atoms with Crippen molar-refractivity contribution in [3.8, 4) is 5.75 Å². The fourth-order valence-electron chi connectivity index (χ4n) is 1.28. The molecule has 0 aromatic heterocycles. The predicted molar refractivity (Wildman–Crippen MR) is 57.9 cm³/mol. The van der Waals surface area contributed by atoms with Crippen molar-refractivity contribution in [1.29, 1.82) is 0 Å². The molecular formula is C10H11ClF5NO. The number of halogens is 6. The molecule has 0 spiro atoms. The average Bonchev–Trinajstić information content (AvgIpc) is 2.19. The fourth-order valence-corrected chi connectivity index (χ4v) is 1.28. The van der Waals surface area contributed by atoms with Crippen molar-refractivity contribution in [3.63, 3.8) is 0 Å². The van der Waals surface area contributed by atoms with Gasteiger partial charge in [-0.05, 0) is 24.6 Å². The summed E-state index contributed by atoms with van der Waals surface area (Å²) in [5, 5.41) is 0. The molecule has 0 amide bonds. The van der Waals surface area contributed by atoms with E-state index in [4.69, 9.17) is 5.73 Å². The van der Waals surface area contributed by atoms with Gasteiger partial charge in [0.2, 0.25) is 0 Å². The van der Waals surface area contributed by atoms with Crippen LogP contribution in [0.25, 0.3) is 0 Å². The first-order chi connectivity index (χ1) is 7.83. The van der Waals surface area contributed by atoms with Crippen LogP contribution in [-0.4, -0.2) is 13.0 Å². The summed E-state index contributed by atoms with van der Waals surface area (Å²) in [6, 6.07) is 1.45. The summed E-state index contributed by atoms with van der Waals surface area (Å²) in [5.41, 5.74) is 5.22. The van der Waals surface area contributed by atoms with E-state index in [0.29, 0.717) is 0 Å². The van der Waals surface area contributed by atoms with Crippen LogP contribution in [0.3, 0.4) is 0 Å². The Balaban J connectivity index is 0.00000289. The summed E-state index contributed by atoms with van der Waals surface area (Å²) in [4.78, 5) is 0. The monoisotopic (exact) mass is 291 g/mol. The van der Waals surface area contributed by atoms with Gasteiger partial charge in [-0.15, -0.1) is 25.6 Å². The third-order valence-corrected chi connectivity index (χ3v) is 2.02. The summed E-state index contributed by atoms with van der Waals surface area (Å²) in [6.45, 7) is -0.787. The number of rotatable bonds is 4. The van der Waals surface area contributed by atoms with Crippen molar-refractivity contribution >= 4 is 12.4 Å². The lowest BCUT2D eigenvalue weighted by atomic mass is 10.0. The van der Waals surface area contributed by atoms with Crippen LogP contribution in [0.1, 0.15) is 18.0 Å². The molecule has 0 fully saturated rings. The first-order valence-corrected chi connectivity index (χ1v) is 4.70. The normalized spacial score (nSPS) is 12.8. The Morgan fingerprint density at radius 1 is 1.28 bits per heavy atom. The van der Waals surface area contributed by atoms with Crippen molar-refractivity contribution in [2.75, 3.05) is 6.67 Å². The summed E-state index contributed by atoms with van der Waals surface area (Å²) >= 11 is 0. The summed E-state index contributed by atoms with van der Waals surface area (Å²) in [5.74, 6) is -1.37. The van der Waals surface area contributed by atoms with E-state index < -0.39 is 30.6 Å². The molecule has 0 bridgehead atoms. The number of hydrogen-bond acceptors (Lipinski definition) is 2. The van der Waals surface area contributed by atoms with Crippen molar-refractivity contribution in [2.45, 2.75) is 18.8 Å². The van der Waals surface area contributed by atoms with Crippen LogP contribution in [0.2, 0.25) is 0 Å². The standard InChI is InChI=1S/C10H10F5NO.ClH/c11-4-3-9(16)7-5-6(1-2-8(7)12)17-10(13,14)15;/h1-2,5,9H,3-4,16H2;1H/t9-;/m0./s1. The van der Waals surface area contributed by atoms with E-state index >= 15 is 0 Å². The highest BCUT2D eigenvalue weighted by Gasteiger charge is 2.31.